The Morgan fingerprint density at radius 3 is 2.24 bits per heavy atom. The lowest BCUT2D eigenvalue weighted by Crippen LogP contribution is -2.30. The molecule has 2 saturated carbocycles. The van der Waals surface area contributed by atoms with Gasteiger partial charge in [0, 0.05) is 12.6 Å². The third-order valence-corrected chi connectivity index (χ3v) is 4.23. The molecule has 1 aromatic carbocycles. The molecule has 92 valence electrons. The third-order valence-electron chi connectivity index (χ3n) is 4.23. The Balaban J connectivity index is 1.50. The average Bonchev–Trinajstić information content (AvgIpc) is 3.23. The summed E-state index contributed by atoms with van der Waals surface area (Å²) >= 11 is 0. The highest BCUT2D eigenvalue weighted by molar-refractivity contribution is 5.27. The van der Waals surface area contributed by atoms with Gasteiger partial charge in [0.25, 0.3) is 0 Å². The highest BCUT2D eigenvalue weighted by Crippen LogP contribution is 2.39. The van der Waals surface area contributed by atoms with Crippen LogP contribution in [-0.2, 0) is 6.54 Å². The molecular formula is C16H23N. The van der Waals surface area contributed by atoms with E-state index in [0.29, 0.717) is 0 Å². The Kier molecular flexibility index (Phi) is 3.46. The van der Waals surface area contributed by atoms with Crippen molar-refractivity contribution >= 4 is 0 Å². The molecule has 0 aliphatic heterocycles. The molecule has 0 aromatic heterocycles. The second-order valence-corrected chi connectivity index (χ2v) is 5.73. The van der Waals surface area contributed by atoms with Gasteiger partial charge in [-0.1, -0.05) is 43.5 Å². The van der Waals surface area contributed by atoms with Gasteiger partial charge in [0.1, 0.15) is 0 Å². The summed E-state index contributed by atoms with van der Waals surface area (Å²) in [6.45, 7) is 1.05. The zero-order valence-electron chi connectivity index (χ0n) is 10.6. The molecule has 1 aromatic rings. The maximum absolute atomic E-state index is 3.70. The summed E-state index contributed by atoms with van der Waals surface area (Å²) in [6.07, 6.45) is 9.82. The molecular weight excluding hydrogens is 206 g/mol. The van der Waals surface area contributed by atoms with Gasteiger partial charge in [-0.05, 0) is 42.7 Å². The van der Waals surface area contributed by atoms with Crippen LogP contribution in [0.15, 0.2) is 24.3 Å². The molecule has 2 fully saturated rings. The van der Waals surface area contributed by atoms with Crippen molar-refractivity contribution in [2.24, 2.45) is 0 Å². The SMILES string of the molecule is c1cc(C2CC2)ccc1CNC1CCCCC1. The van der Waals surface area contributed by atoms with Crippen molar-refractivity contribution in [3.8, 4) is 0 Å². The zero-order valence-corrected chi connectivity index (χ0v) is 10.6. The Morgan fingerprint density at radius 2 is 1.59 bits per heavy atom. The summed E-state index contributed by atoms with van der Waals surface area (Å²) in [6, 6.07) is 10.0. The van der Waals surface area contributed by atoms with Gasteiger partial charge in [0.2, 0.25) is 0 Å². The van der Waals surface area contributed by atoms with Gasteiger partial charge in [-0.15, -0.1) is 0 Å². The first kappa shape index (κ1) is 11.3. The number of benzene rings is 1. The fourth-order valence-electron chi connectivity index (χ4n) is 2.89. The van der Waals surface area contributed by atoms with Crippen molar-refractivity contribution in [1.29, 1.82) is 0 Å². The van der Waals surface area contributed by atoms with Crippen LogP contribution in [0.5, 0.6) is 0 Å². The van der Waals surface area contributed by atoms with Crippen LogP contribution < -0.4 is 5.32 Å². The molecule has 3 rings (SSSR count). The summed E-state index contributed by atoms with van der Waals surface area (Å²) in [4.78, 5) is 0. The normalized spacial score (nSPS) is 21.6. The molecule has 0 unspecified atom stereocenters. The molecule has 0 atom stereocenters. The van der Waals surface area contributed by atoms with Crippen molar-refractivity contribution < 1.29 is 0 Å². The standard InChI is InChI=1S/C16H23N/c1-2-4-16(5-3-1)17-12-13-6-8-14(9-7-13)15-10-11-15/h6-9,15-17H,1-5,10-12H2. The van der Waals surface area contributed by atoms with Crippen LogP contribution in [0.1, 0.15) is 62.0 Å². The summed E-state index contributed by atoms with van der Waals surface area (Å²) in [5.41, 5.74) is 2.99. The lowest BCUT2D eigenvalue weighted by atomic mass is 9.95. The molecule has 0 heterocycles. The topological polar surface area (TPSA) is 12.0 Å². The van der Waals surface area contributed by atoms with Gasteiger partial charge in [0.15, 0.2) is 0 Å². The van der Waals surface area contributed by atoms with Crippen LogP contribution in [0.3, 0.4) is 0 Å². The highest BCUT2D eigenvalue weighted by Gasteiger charge is 2.22. The molecule has 2 aliphatic rings. The maximum atomic E-state index is 3.70. The first-order valence-electron chi connectivity index (χ1n) is 7.24. The average molecular weight is 229 g/mol. The van der Waals surface area contributed by atoms with Gasteiger partial charge >= 0.3 is 0 Å². The van der Waals surface area contributed by atoms with E-state index in [1.807, 2.05) is 0 Å². The van der Waals surface area contributed by atoms with Crippen molar-refractivity contribution in [1.82, 2.24) is 5.32 Å². The van der Waals surface area contributed by atoms with E-state index in [1.165, 1.54) is 50.5 Å². The Labute approximate surface area is 105 Å². The van der Waals surface area contributed by atoms with E-state index in [0.717, 1.165) is 18.5 Å². The van der Waals surface area contributed by atoms with Crippen molar-refractivity contribution in [2.75, 3.05) is 0 Å². The predicted octanol–water partition coefficient (Wildman–Crippen LogP) is 3.99. The molecule has 1 nitrogen and oxygen atoms in total. The first-order valence-corrected chi connectivity index (χ1v) is 7.24. The number of hydrogen-bond acceptors (Lipinski definition) is 1. The largest absolute Gasteiger partial charge is 0.310 e. The molecule has 2 aliphatic carbocycles. The van der Waals surface area contributed by atoms with E-state index in [1.54, 1.807) is 5.56 Å². The second-order valence-electron chi connectivity index (χ2n) is 5.73. The van der Waals surface area contributed by atoms with Crippen LogP contribution >= 0.6 is 0 Å². The second kappa shape index (κ2) is 5.22. The monoisotopic (exact) mass is 229 g/mol. The lowest BCUT2D eigenvalue weighted by Gasteiger charge is -2.22. The van der Waals surface area contributed by atoms with E-state index in [2.05, 4.69) is 29.6 Å². The number of nitrogens with one attached hydrogen (secondary N) is 1. The van der Waals surface area contributed by atoms with E-state index in [9.17, 15) is 0 Å². The van der Waals surface area contributed by atoms with Gasteiger partial charge in [-0.3, -0.25) is 0 Å². The minimum absolute atomic E-state index is 0.770. The van der Waals surface area contributed by atoms with Crippen LogP contribution in [0, 0.1) is 0 Å². The highest BCUT2D eigenvalue weighted by atomic mass is 14.9. The van der Waals surface area contributed by atoms with Crippen molar-refractivity contribution in [3.05, 3.63) is 35.4 Å². The first-order chi connectivity index (χ1) is 8.42. The predicted molar refractivity (Wildman–Crippen MR) is 72.1 cm³/mol. The quantitative estimate of drug-likeness (QED) is 0.823. The zero-order chi connectivity index (χ0) is 11.5. The molecule has 1 N–H and O–H groups in total. The molecule has 0 saturated heterocycles. The molecule has 0 amide bonds. The van der Waals surface area contributed by atoms with Crippen LogP contribution in [0.25, 0.3) is 0 Å². The summed E-state index contributed by atoms with van der Waals surface area (Å²) < 4.78 is 0. The van der Waals surface area contributed by atoms with E-state index >= 15 is 0 Å². The van der Waals surface area contributed by atoms with Gasteiger partial charge in [-0.2, -0.15) is 0 Å². The fourth-order valence-corrected chi connectivity index (χ4v) is 2.89. The van der Waals surface area contributed by atoms with Gasteiger partial charge in [-0.25, -0.2) is 0 Å². The maximum Gasteiger partial charge on any atom is 0.0208 e. The fraction of sp³-hybridized carbons (Fsp3) is 0.625. The van der Waals surface area contributed by atoms with Gasteiger partial charge < -0.3 is 5.32 Å². The summed E-state index contributed by atoms with van der Waals surface area (Å²) in [5.74, 6) is 0.885. The van der Waals surface area contributed by atoms with Crippen LogP contribution in [-0.4, -0.2) is 6.04 Å². The molecule has 1 heteroatoms. The minimum atomic E-state index is 0.770. The lowest BCUT2D eigenvalue weighted by molar-refractivity contribution is 0.372. The third kappa shape index (κ3) is 3.10. The van der Waals surface area contributed by atoms with Crippen LogP contribution in [0.2, 0.25) is 0 Å². The van der Waals surface area contributed by atoms with Crippen molar-refractivity contribution in [2.45, 2.75) is 63.5 Å². The van der Waals surface area contributed by atoms with Gasteiger partial charge in [0.05, 0.1) is 0 Å². The summed E-state index contributed by atoms with van der Waals surface area (Å²) in [7, 11) is 0. The van der Waals surface area contributed by atoms with Crippen molar-refractivity contribution in [3.63, 3.8) is 0 Å². The molecule has 0 radical (unpaired) electrons. The van der Waals surface area contributed by atoms with E-state index < -0.39 is 0 Å². The Morgan fingerprint density at radius 1 is 0.882 bits per heavy atom. The van der Waals surface area contributed by atoms with Crippen LogP contribution in [0.4, 0.5) is 0 Å². The molecule has 0 spiro atoms. The number of rotatable bonds is 4. The summed E-state index contributed by atoms with van der Waals surface area (Å²) in [5, 5.41) is 3.70. The number of hydrogen-bond donors (Lipinski definition) is 1. The smallest absolute Gasteiger partial charge is 0.0208 e. The Bertz CT molecular complexity index is 344. The molecule has 0 bridgehead atoms. The van der Waals surface area contributed by atoms with E-state index in [-0.39, 0.29) is 0 Å². The molecule has 17 heavy (non-hydrogen) atoms. The minimum Gasteiger partial charge on any atom is -0.310 e. The van der Waals surface area contributed by atoms with E-state index in [4.69, 9.17) is 0 Å². The Hall–Kier alpha value is -0.820.